The number of halogens is 1. The van der Waals surface area contributed by atoms with Gasteiger partial charge in [0.25, 0.3) is 0 Å². The summed E-state index contributed by atoms with van der Waals surface area (Å²) in [6.45, 7) is 4.42. The molecule has 1 aromatic carbocycles. The highest BCUT2D eigenvalue weighted by atomic mass is 35.5. The molecule has 96 valence electrons. The minimum atomic E-state index is 0.472. The number of rotatable bonds is 2. The van der Waals surface area contributed by atoms with Crippen LogP contribution in [0.3, 0.4) is 0 Å². The number of nitrogens with zero attached hydrogens (tertiary/aromatic N) is 2. The number of benzene rings is 1. The van der Waals surface area contributed by atoms with Gasteiger partial charge in [0.2, 0.25) is 0 Å². The van der Waals surface area contributed by atoms with Crippen molar-refractivity contribution in [1.82, 2.24) is 5.01 Å². The van der Waals surface area contributed by atoms with E-state index < -0.39 is 0 Å². The predicted molar refractivity (Wildman–Crippen MR) is 74.4 cm³/mol. The molecule has 1 aliphatic rings. The van der Waals surface area contributed by atoms with Crippen LogP contribution in [0.5, 0.6) is 0 Å². The molecule has 0 amide bonds. The van der Waals surface area contributed by atoms with Crippen molar-refractivity contribution in [1.29, 1.82) is 5.26 Å². The first-order valence-electron chi connectivity index (χ1n) is 6.36. The normalized spacial score (nSPS) is 24.6. The van der Waals surface area contributed by atoms with Gasteiger partial charge in [-0.2, -0.15) is 5.26 Å². The molecule has 2 atom stereocenters. The highest BCUT2D eigenvalue weighted by Crippen LogP contribution is 2.26. The number of nitriles is 1. The molecule has 0 aliphatic carbocycles. The van der Waals surface area contributed by atoms with Crippen LogP contribution < -0.4 is 5.43 Å². The molecule has 1 fully saturated rings. The van der Waals surface area contributed by atoms with Crippen LogP contribution in [0.15, 0.2) is 18.2 Å². The molecule has 1 aromatic rings. The molecule has 0 spiro atoms. The Labute approximate surface area is 113 Å². The summed E-state index contributed by atoms with van der Waals surface area (Å²) in [7, 11) is 0. The maximum atomic E-state index is 9.12. The van der Waals surface area contributed by atoms with Crippen LogP contribution in [-0.2, 0) is 0 Å². The Hall–Kier alpha value is -1.24. The predicted octanol–water partition coefficient (Wildman–Crippen LogP) is 3.80. The zero-order chi connectivity index (χ0) is 13.1. The summed E-state index contributed by atoms with van der Waals surface area (Å²) < 4.78 is 0. The van der Waals surface area contributed by atoms with Gasteiger partial charge in [-0.25, -0.2) is 5.01 Å². The Kier molecular flexibility index (Phi) is 4.11. The van der Waals surface area contributed by atoms with Crippen molar-refractivity contribution in [3.05, 3.63) is 28.8 Å². The minimum Gasteiger partial charge on any atom is -0.317 e. The summed E-state index contributed by atoms with van der Waals surface area (Å²) in [5.41, 5.74) is 4.79. The van der Waals surface area contributed by atoms with Gasteiger partial charge >= 0.3 is 0 Å². The quantitative estimate of drug-likeness (QED) is 0.882. The Balaban J connectivity index is 2.22. The van der Waals surface area contributed by atoms with Crippen molar-refractivity contribution in [2.24, 2.45) is 0 Å². The van der Waals surface area contributed by atoms with Crippen LogP contribution in [-0.4, -0.2) is 17.1 Å². The van der Waals surface area contributed by atoms with Gasteiger partial charge in [0.05, 0.1) is 11.3 Å². The lowest BCUT2D eigenvalue weighted by molar-refractivity contribution is 0.135. The van der Waals surface area contributed by atoms with Gasteiger partial charge in [0.15, 0.2) is 0 Å². The van der Waals surface area contributed by atoms with Gasteiger partial charge in [-0.1, -0.05) is 18.0 Å². The average Bonchev–Trinajstić information content (AvgIpc) is 2.34. The standard InChI is InChI=1S/C14H18ClN3/c1-10-4-3-5-11(2)18(10)17-14-8-13(15)7-6-12(14)9-16/h6-8,10-11,17H,3-5H2,1-2H3. The van der Waals surface area contributed by atoms with E-state index in [9.17, 15) is 0 Å². The molecule has 2 rings (SSSR count). The number of anilines is 1. The molecule has 1 saturated heterocycles. The lowest BCUT2D eigenvalue weighted by Crippen LogP contribution is -2.47. The molecule has 18 heavy (non-hydrogen) atoms. The Morgan fingerprint density at radius 2 is 2.00 bits per heavy atom. The second-order valence-corrected chi connectivity index (χ2v) is 5.39. The number of hydrogen-bond donors (Lipinski definition) is 1. The van der Waals surface area contributed by atoms with E-state index in [-0.39, 0.29) is 0 Å². The van der Waals surface area contributed by atoms with E-state index in [2.05, 4.69) is 30.4 Å². The lowest BCUT2D eigenvalue weighted by Gasteiger charge is -2.39. The van der Waals surface area contributed by atoms with Gasteiger partial charge in [0, 0.05) is 17.1 Å². The van der Waals surface area contributed by atoms with Crippen molar-refractivity contribution >= 4 is 17.3 Å². The SMILES string of the molecule is CC1CCCC(C)N1Nc1cc(Cl)ccc1C#N. The van der Waals surface area contributed by atoms with E-state index in [0.29, 0.717) is 22.7 Å². The highest BCUT2D eigenvalue weighted by molar-refractivity contribution is 6.30. The summed E-state index contributed by atoms with van der Waals surface area (Å²) in [4.78, 5) is 0. The molecule has 4 heteroatoms. The number of piperidine rings is 1. The maximum Gasteiger partial charge on any atom is 0.101 e. The van der Waals surface area contributed by atoms with E-state index in [4.69, 9.17) is 16.9 Å². The van der Waals surface area contributed by atoms with Crippen molar-refractivity contribution in [3.63, 3.8) is 0 Å². The third-order valence-electron chi connectivity index (χ3n) is 3.55. The van der Waals surface area contributed by atoms with Crippen LogP contribution >= 0.6 is 11.6 Å². The van der Waals surface area contributed by atoms with E-state index in [1.54, 1.807) is 12.1 Å². The summed E-state index contributed by atoms with van der Waals surface area (Å²) >= 11 is 6.00. The molecular weight excluding hydrogens is 246 g/mol. The molecule has 1 heterocycles. The number of hydrazine groups is 1. The van der Waals surface area contributed by atoms with E-state index >= 15 is 0 Å². The molecular formula is C14H18ClN3. The van der Waals surface area contributed by atoms with Crippen molar-refractivity contribution in [2.45, 2.75) is 45.2 Å². The average molecular weight is 264 g/mol. The molecule has 3 nitrogen and oxygen atoms in total. The minimum absolute atomic E-state index is 0.472. The van der Waals surface area contributed by atoms with Gasteiger partial charge < -0.3 is 5.43 Å². The maximum absolute atomic E-state index is 9.12. The Bertz CT molecular complexity index is 457. The fourth-order valence-electron chi connectivity index (χ4n) is 2.49. The van der Waals surface area contributed by atoms with Gasteiger partial charge in [-0.3, -0.25) is 0 Å². The summed E-state index contributed by atoms with van der Waals surface area (Å²) in [5.74, 6) is 0. The lowest BCUT2D eigenvalue weighted by atomic mass is 10.00. The summed E-state index contributed by atoms with van der Waals surface area (Å²) in [6.07, 6.45) is 3.63. The largest absolute Gasteiger partial charge is 0.317 e. The zero-order valence-corrected chi connectivity index (χ0v) is 11.5. The van der Waals surface area contributed by atoms with Crippen LogP contribution in [0.1, 0.15) is 38.7 Å². The van der Waals surface area contributed by atoms with Crippen LogP contribution in [0.4, 0.5) is 5.69 Å². The van der Waals surface area contributed by atoms with Gasteiger partial charge in [0.1, 0.15) is 6.07 Å². The monoisotopic (exact) mass is 263 g/mol. The third kappa shape index (κ3) is 2.77. The van der Waals surface area contributed by atoms with Crippen LogP contribution in [0.25, 0.3) is 0 Å². The van der Waals surface area contributed by atoms with E-state index in [1.807, 2.05) is 6.07 Å². The topological polar surface area (TPSA) is 39.1 Å². The molecule has 2 unspecified atom stereocenters. The van der Waals surface area contributed by atoms with E-state index in [0.717, 1.165) is 5.69 Å². The molecule has 1 N–H and O–H groups in total. The van der Waals surface area contributed by atoms with Crippen molar-refractivity contribution in [3.8, 4) is 6.07 Å². The van der Waals surface area contributed by atoms with Crippen molar-refractivity contribution < 1.29 is 0 Å². The number of hydrogen-bond acceptors (Lipinski definition) is 3. The Morgan fingerprint density at radius 1 is 1.33 bits per heavy atom. The second-order valence-electron chi connectivity index (χ2n) is 4.95. The molecule has 0 saturated carbocycles. The zero-order valence-electron chi connectivity index (χ0n) is 10.8. The highest BCUT2D eigenvalue weighted by Gasteiger charge is 2.25. The van der Waals surface area contributed by atoms with Gasteiger partial charge in [-0.05, 0) is 44.9 Å². The fourth-order valence-corrected chi connectivity index (χ4v) is 2.66. The molecule has 1 aliphatic heterocycles. The number of nitrogens with one attached hydrogen (secondary N) is 1. The first-order chi connectivity index (χ1) is 8.61. The summed E-state index contributed by atoms with van der Waals surface area (Å²) in [6, 6.07) is 8.45. The third-order valence-corrected chi connectivity index (χ3v) is 3.78. The van der Waals surface area contributed by atoms with E-state index in [1.165, 1.54) is 19.3 Å². The molecule has 0 radical (unpaired) electrons. The Morgan fingerprint density at radius 3 is 2.61 bits per heavy atom. The van der Waals surface area contributed by atoms with Crippen molar-refractivity contribution in [2.75, 3.05) is 5.43 Å². The van der Waals surface area contributed by atoms with Crippen LogP contribution in [0.2, 0.25) is 5.02 Å². The first-order valence-corrected chi connectivity index (χ1v) is 6.74. The molecule has 0 aromatic heterocycles. The second kappa shape index (κ2) is 5.60. The summed E-state index contributed by atoms with van der Waals surface area (Å²) in [5, 5.41) is 12.0. The van der Waals surface area contributed by atoms with Gasteiger partial charge in [-0.15, -0.1) is 0 Å². The first kappa shape index (κ1) is 13.2. The fraction of sp³-hybridized carbons (Fsp3) is 0.500. The smallest absolute Gasteiger partial charge is 0.101 e. The molecule has 0 bridgehead atoms. The van der Waals surface area contributed by atoms with Crippen LogP contribution in [0, 0.1) is 11.3 Å².